The minimum absolute atomic E-state index is 0.0455. The lowest BCUT2D eigenvalue weighted by Crippen LogP contribution is -2.29. The SMILES string of the molecule is CN(CC(=O)Nc1ccc(OC(F)(F)F)cc1)Cc1ncc(-c2ccccc2)o1. The van der Waals surface area contributed by atoms with Crippen molar-refractivity contribution in [3.8, 4) is 17.1 Å². The minimum Gasteiger partial charge on any atom is -0.439 e. The smallest absolute Gasteiger partial charge is 0.439 e. The van der Waals surface area contributed by atoms with Crippen LogP contribution >= 0.6 is 0 Å². The highest BCUT2D eigenvalue weighted by Gasteiger charge is 2.30. The Labute approximate surface area is 164 Å². The number of carbonyl (C=O) groups excluding carboxylic acids is 1. The molecule has 2 aromatic carbocycles. The summed E-state index contributed by atoms with van der Waals surface area (Å²) in [6.07, 6.45) is -3.13. The third kappa shape index (κ3) is 6.35. The molecule has 0 spiro atoms. The normalized spacial score (nSPS) is 11.5. The lowest BCUT2D eigenvalue weighted by atomic mass is 10.2. The van der Waals surface area contributed by atoms with Gasteiger partial charge < -0.3 is 14.5 Å². The Kier molecular flexibility index (Phi) is 6.18. The number of hydrogen-bond donors (Lipinski definition) is 1. The van der Waals surface area contributed by atoms with Gasteiger partial charge in [-0.25, -0.2) is 4.98 Å². The van der Waals surface area contributed by atoms with Crippen LogP contribution in [-0.2, 0) is 11.3 Å². The summed E-state index contributed by atoms with van der Waals surface area (Å²) in [5.41, 5.74) is 1.27. The summed E-state index contributed by atoms with van der Waals surface area (Å²) in [4.78, 5) is 18.1. The number of anilines is 1. The van der Waals surface area contributed by atoms with Gasteiger partial charge in [-0.2, -0.15) is 0 Å². The molecule has 1 aromatic heterocycles. The maximum absolute atomic E-state index is 12.2. The molecule has 9 heteroatoms. The third-order valence-corrected chi connectivity index (χ3v) is 3.80. The number of alkyl halides is 3. The monoisotopic (exact) mass is 405 g/mol. The Hall–Kier alpha value is -3.33. The first kappa shape index (κ1) is 20.4. The number of carbonyl (C=O) groups is 1. The Morgan fingerprint density at radius 2 is 1.83 bits per heavy atom. The van der Waals surface area contributed by atoms with E-state index in [1.165, 1.54) is 12.1 Å². The summed E-state index contributed by atoms with van der Waals surface area (Å²) in [6, 6.07) is 14.4. The van der Waals surface area contributed by atoms with E-state index in [0.717, 1.165) is 17.7 Å². The van der Waals surface area contributed by atoms with E-state index in [0.29, 0.717) is 23.9 Å². The maximum Gasteiger partial charge on any atom is 0.573 e. The summed E-state index contributed by atoms with van der Waals surface area (Å²) in [5, 5.41) is 2.61. The number of benzene rings is 2. The fourth-order valence-corrected chi connectivity index (χ4v) is 2.59. The molecule has 0 aliphatic heterocycles. The van der Waals surface area contributed by atoms with Crippen molar-refractivity contribution in [3.63, 3.8) is 0 Å². The van der Waals surface area contributed by atoms with Crippen molar-refractivity contribution >= 4 is 11.6 Å². The molecule has 0 fully saturated rings. The summed E-state index contributed by atoms with van der Waals surface area (Å²) in [7, 11) is 1.73. The van der Waals surface area contributed by atoms with E-state index in [4.69, 9.17) is 4.42 Å². The first-order valence-electron chi connectivity index (χ1n) is 8.63. The molecule has 1 heterocycles. The molecule has 0 atom stereocenters. The van der Waals surface area contributed by atoms with Crippen molar-refractivity contribution in [2.75, 3.05) is 18.9 Å². The molecule has 152 valence electrons. The molecule has 0 bridgehead atoms. The molecule has 0 aliphatic rings. The van der Waals surface area contributed by atoms with Crippen LogP contribution in [0, 0.1) is 0 Å². The maximum atomic E-state index is 12.2. The molecule has 0 saturated carbocycles. The van der Waals surface area contributed by atoms with Gasteiger partial charge in [0.1, 0.15) is 5.75 Å². The predicted molar refractivity (Wildman–Crippen MR) is 100 cm³/mol. The van der Waals surface area contributed by atoms with Crippen molar-refractivity contribution < 1.29 is 27.1 Å². The van der Waals surface area contributed by atoms with E-state index in [9.17, 15) is 18.0 Å². The van der Waals surface area contributed by atoms with Crippen LogP contribution in [-0.4, -0.2) is 35.7 Å². The Balaban J connectivity index is 1.50. The predicted octanol–water partition coefficient (Wildman–Crippen LogP) is 4.31. The van der Waals surface area contributed by atoms with Gasteiger partial charge in [0.25, 0.3) is 0 Å². The molecule has 0 unspecified atom stereocenters. The highest BCUT2D eigenvalue weighted by Crippen LogP contribution is 2.24. The molecule has 0 radical (unpaired) electrons. The number of nitrogens with zero attached hydrogens (tertiary/aromatic N) is 2. The standard InChI is InChI=1S/C20H18F3N3O3/c1-26(13-19-24-11-17(28-19)14-5-3-2-4-6-14)12-18(27)25-15-7-9-16(10-8-15)29-20(21,22)23/h2-11H,12-13H2,1H3,(H,25,27). The van der Waals surface area contributed by atoms with Crippen LogP contribution in [0.1, 0.15) is 5.89 Å². The van der Waals surface area contributed by atoms with Gasteiger partial charge in [-0.05, 0) is 31.3 Å². The number of aromatic nitrogens is 1. The number of nitrogens with one attached hydrogen (secondary N) is 1. The second kappa shape index (κ2) is 8.78. The molecule has 0 aliphatic carbocycles. The number of ether oxygens (including phenoxy) is 1. The molecule has 3 aromatic rings. The van der Waals surface area contributed by atoms with Crippen molar-refractivity contribution in [3.05, 3.63) is 66.7 Å². The zero-order chi connectivity index (χ0) is 20.9. The van der Waals surface area contributed by atoms with E-state index in [2.05, 4.69) is 15.0 Å². The van der Waals surface area contributed by atoms with Gasteiger partial charge in [-0.15, -0.1) is 13.2 Å². The highest BCUT2D eigenvalue weighted by atomic mass is 19.4. The fraction of sp³-hybridized carbons (Fsp3) is 0.200. The average molecular weight is 405 g/mol. The van der Waals surface area contributed by atoms with E-state index < -0.39 is 6.36 Å². The van der Waals surface area contributed by atoms with Gasteiger partial charge in [0, 0.05) is 11.3 Å². The average Bonchev–Trinajstić information content (AvgIpc) is 3.11. The molecular formula is C20H18F3N3O3. The van der Waals surface area contributed by atoms with E-state index in [-0.39, 0.29) is 18.2 Å². The van der Waals surface area contributed by atoms with Crippen molar-refractivity contribution in [2.24, 2.45) is 0 Å². The zero-order valence-electron chi connectivity index (χ0n) is 15.4. The van der Waals surface area contributed by atoms with Gasteiger partial charge >= 0.3 is 6.36 Å². The molecular weight excluding hydrogens is 387 g/mol. The van der Waals surface area contributed by atoms with Crippen LogP contribution in [0.5, 0.6) is 5.75 Å². The largest absolute Gasteiger partial charge is 0.573 e. The lowest BCUT2D eigenvalue weighted by molar-refractivity contribution is -0.274. The van der Waals surface area contributed by atoms with Crippen molar-refractivity contribution in [1.82, 2.24) is 9.88 Å². The number of halogens is 3. The minimum atomic E-state index is -4.76. The topological polar surface area (TPSA) is 67.6 Å². The molecule has 3 rings (SSSR count). The number of hydrogen-bond acceptors (Lipinski definition) is 5. The summed E-state index contributed by atoms with van der Waals surface area (Å²) >= 11 is 0. The number of likely N-dealkylation sites (N-methyl/N-ethyl adjacent to an activating group) is 1. The van der Waals surface area contributed by atoms with Crippen LogP contribution in [0.2, 0.25) is 0 Å². The third-order valence-electron chi connectivity index (χ3n) is 3.80. The van der Waals surface area contributed by atoms with Crippen molar-refractivity contribution in [1.29, 1.82) is 0 Å². The van der Waals surface area contributed by atoms with Crippen molar-refractivity contribution in [2.45, 2.75) is 12.9 Å². The number of rotatable bonds is 7. The van der Waals surface area contributed by atoms with Crippen LogP contribution < -0.4 is 10.1 Å². The lowest BCUT2D eigenvalue weighted by Gasteiger charge is -2.14. The Bertz CT molecular complexity index is 941. The van der Waals surface area contributed by atoms with Crippen LogP contribution in [0.4, 0.5) is 18.9 Å². The number of oxazole rings is 1. The van der Waals surface area contributed by atoms with Crippen LogP contribution in [0.15, 0.2) is 65.2 Å². The zero-order valence-corrected chi connectivity index (χ0v) is 15.4. The first-order valence-corrected chi connectivity index (χ1v) is 8.63. The fourth-order valence-electron chi connectivity index (χ4n) is 2.59. The quantitative estimate of drug-likeness (QED) is 0.635. The van der Waals surface area contributed by atoms with Gasteiger partial charge in [0.05, 0.1) is 19.3 Å². The molecule has 0 saturated heterocycles. The molecule has 29 heavy (non-hydrogen) atoms. The van der Waals surface area contributed by atoms with Gasteiger partial charge in [0.2, 0.25) is 11.8 Å². The highest BCUT2D eigenvalue weighted by molar-refractivity contribution is 5.92. The number of amides is 1. The van der Waals surface area contributed by atoms with Gasteiger partial charge in [-0.1, -0.05) is 30.3 Å². The Morgan fingerprint density at radius 3 is 2.48 bits per heavy atom. The van der Waals surface area contributed by atoms with Crippen LogP contribution in [0.25, 0.3) is 11.3 Å². The summed E-state index contributed by atoms with van der Waals surface area (Å²) < 4.78 is 46.0. The molecule has 6 nitrogen and oxygen atoms in total. The molecule has 1 amide bonds. The van der Waals surface area contributed by atoms with Crippen LogP contribution in [0.3, 0.4) is 0 Å². The molecule has 1 N–H and O–H groups in total. The van der Waals surface area contributed by atoms with E-state index >= 15 is 0 Å². The Morgan fingerprint density at radius 1 is 1.14 bits per heavy atom. The van der Waals surface area contributed by atoms with E-state index in [1.54, 1.807) is 18.1 Å². The van der Waals surface area contributed by atoms with Gasteiger partial charge in [0.15, 0.2) is 5.76 Å². The second-order valence-corrected chi connectivity index (χ2v) is 6.28. The van der Waals surface area contributed by atoms with Gasteiger partial charge in [-0.3, -0.25) is 9.69 Å². The van der Waals surface area contributed by atoms with E-state index in [1.807, 2.05) is 30.3 Å². The first-order chi connectivity index (χ1) is 13.8. The second-order valence-electron chi connectivity index (χ2n) is 6.28. The summed E-state index contributed by atoms with van der Waals surface area (Å²) in [5.74, 6) is 0.421. The summed E-state index contributed by atoms with van der Waals surface area (Å²) in [6.45, 7) is 0.364.